The minimum Gasteiger partial charge on any atom is -0.284 e. The molecule has 0 aliphatic heterocycles. The van der Waals surface area contributed by atoms with Gasteiger partial charge in [-0.15, -0.1) is 0 Å². The van der Waals surface area contributed by atoms with Crippen molar-refractivity contribution in [3.8, 4) is 0 Å². The first-order valence-corrected chi connectivity index (χ1v) is 5.79. The SMILES string of the molecule is Cc1cc(I)c(F)c(C(=O)C(F)(F)F)c1Br. The quantitative estimate of drug-likeness (QED) is 0.293. The Balaban J connectivity index is 3.50. The summed E-state index contributed by atoms with van der Waals surface area (Å²) in [5.41, 5.74) is -0.588. The van der Waals surface area contributed by atoms with Crippen molar-refractivity contribution < 1.29 is 22.4 Å². The van der Waals surface area contributed by atoms with Crippen LogP contribution in [0.1, 0.15) is 15.9 Å². The van der Waals surface area contributed by atoms with Crippen molar-refractivity contribution in [2.75, 3.05) is 0 Å². The average Bonchev–Trinajstić information content (AvgIpc) is 2.13. The molecule has 0 radical (unpaired) electrons. The van der Waals surface area contributed by atoms with E-state index in [1.165, 1.54) is 35.6 Å². The number of carbonyl (C=O) groups excluding carboxylic acids is 1. The second-order valence-corrected chi connectivity index (χ2v) is 4.96. The van der Waals surface area contributed by atoms with Gasteiger partial charge in [0.2, 0.25) is 0 Å². The number of hydrogen-bond acceptors (Lipinski definition) is 1. The predicted octanol–water partition coefficient (Wildman–Crippen LogP) is 4.25. The van der Waals surface area contributed by atoms with Crippen LogP contribution in [0.25, 0.3) is 0 Å². The van der Waals surface area contributed by atoms with E-state index in [0.717, 1.165) is 0 Å². The van der Waals surface area contributed by atoms with Crippen LogP contribution in [0.15, 0.2) is 10.5 Å². The van der Waals surface area contributed by atoms with Gasteiger partial charge < -0.3 is 0 Å². The lowest BCUT2D eigenvalue weighted by Gasteiger charge is -2.11. The Morgan fingerprint density at radius 2 is 1.94 bits per heavy atom. The molecule has 1 aromatic carbocycles. The smallest absolute Gasteiger partial charge is 0.284 e. The topological polar surface area (TPSA) is 17.1 Å². The molecule has 0 saturated heterocycles. The Morgan fingerprint density at radius 1 is 1.44 bits per heavy atom. The monoisotopic (exact) mass is 410 g/mol. The molecule has 0 fully saturated rings. The molecule has 0 aliphatic carbocycles. The van der Waals surface area contributed by atoms with Gasteiger partial charge in [0, 0.05) is 8.04 Å². The van der Waals surface area contributed by atoms with Gasteiger partial charge in [0.25, 0.3) is 5.78 Å². The molecule has 1 nitrogen and oxygen atoms in total. The maximum Gasteiger partial charge on any atom is 0.455 e. The third kappa shape index (κ3) is 2.55. The molecule has 0 N–H and O–H groups in total. The molecule has 0 atom stereocenters. The summed E-state index contributed by atoms with van der Waals surface area (Å²) in [6.07, 6.45) is -5.08. The summed E-state index contributed by atoms with van der Waals surface area (Å²) in [4.78, 5) is 11.0. The van der Waals surface area contributed by atoms with Gasteiger partial charge in [-0.2, -0.15) is 13.2 Å². The Morgan fingerprint density at radius 3 is 2.38 bits per heavy atom. The van der Waals surface area contributed by atoms with E-state index in [9.17, 15) is 22.4 Å². The van der Waals surface area contributed by atoms with E-state index >= 15 is 0 Å². The third-order valence-corrected chi connectivity index (χ3v) is 3.63. The van der Waals surface area contributed by atoms with E-state index in [1.54, 1.807) is 0 Å². The van der Waals surface area contributed by atoms with Gasteiger partial charge in [0.15, 0.2) is 0 Å². The Labute approximate surface area is 110 Å². The molecule has 1 rings (SSSR count). The molecule has 0 heterocycles. The van der Waals surface area contributed by atoms with E-state index in [0.29, 0.717) is 5.56 Å². The van der Waals surface area contributed by atoms with Gasteiger partial charge in [-0.3, -0.25) is 4.79 Å². The summed E-state index contributed by atoms with van der Waals surface area (Å²) in [5.74, 6) is -3.33. The molecule has 16 heavy (non-hydrogen) atoms. The molecular formula is C9H4BrF4IO. The molecule has 0 bridgehead atoms. The van der Waals surface area contributed by atoms with Crippen LogP contribution in [0.5, 0.6) is 0 Å². The maximum atomic E-state index is 13.5. The minimum atomic E-state index is -5.08. The van der Waals surface area contributed by atoms with Gasteiger partial charge in [0.1, 0.15) is 5.82 Å². The zero-order chi connectivity index (χ0) is 12.7. The molecular weight excluding hydrogens is 407 g/mol. The highest BCUT2D eigenvalue weighted by molar-refractivity contribution is 14.1. The summed E-state index contributed by atoms with van der Waals surface area (Å²) in [5, 5.41) is 0. The maximum absolute atomic E-state index is 13.5. The molecule has 0 aliphatic rings. The number of ketones is 1. The van der Waals surface area contributed by atoms with Crippen molar-refractivity contribution in [2.45, 2.75) is 13.1 Å². The average molecular weight is 411 g/mol. The first-order chi connectivity index (χ1) is 7.16. The van der Waals surface area contributed by atoms with Crippen LogP contribution < -0.4 is 0 Å². The summed E-state index contributed by atoms with van der Waals surface area (Å²) in [7, 11) is 0. The van der Waals surface area contributed by atoms with E-state index in [4.69, 9.17) is 0 Å². The zero-order valence-corrected chi connectivity index (χ0v) is 11.5. The highest BCUT2D eigenvalue weighted by atomic mass is 127. The number of hydrogen-bond donors (Lipinski definition) is 0. The number of aryl methyl sites for hydroxylation is 1. The highest BCUT2D eigenvalue weighted by Gasteiger charge is 2.42. The molecule has 0 amide bonds. The van der Waals surface area contributed by atoms with Crippen LogP contribution in [0.4, 0.5) is 17.6 Å². The Kier molecular flexibility index (Phi) is 3.99. The van der Waals surface area contributed by atoms with Crippen molar-refractivity contribution in [1.29, 1.82) is 0 Å². The molecule has 1 aromatic rings. The van der Waals surface area contributed by atoms with Crippen molar-refractivity contribution in [2.24, 2.45) is 0 Å². The van der Waals surface area contributed by atoms with Gasteiger partial charge in [-0.25, -0.2) is 4.39 Å². The predicted molar refractivity (Wildman–Crippen MR) is 61.9 cm³/mol. The highest BCUT2D eigenvalue weighted by Crippen LogP contribution is 2.32. The second-order valence-electron chi connectivity index (χ2n) is 3.01. The number of halogens is 6. The molecule has 88 valence electrons. The van der Waals surface area contributed by atoms with Crippen LogP contribution >= 0.6 is 38.5 Å². The fraction of sp³-hybridized carbons (Fsp3) is 0.222. The van der Waals surface area contributed by atoms with Crippen molar-refractivity contribution in [3.63, 3.8) is 0 Å². The van der Waals surface area contributed by atoms with Crippen LogP contribution in [0.3, 0.4) is 0 Å². The van der Waals surface area contributed by atoms with Crippen molar-refractivity contribution in [3.05, 3.63) is 31.1 Å². The number of alkyl halides is 3. The fourth-order valence-corrected chi connectivity index (χ4v) is 2.28. The van der Waals surface area contributed by atoms with E-state index in [1.807, 2.05) is 0 Å². The van der Waals surface area contributed by atoms with E-state index < -0.39 is 23.3 Å². The standard InChI is InChI=1S/C9H4BrF4IO/c1-3-2-4(15)7(11)5(6(3)10)8(16)9(12,13)14/h2H,1H3. The third-order valence-electron chi connectivity index (χ3n) is 1.82. The van der Waals surface area contributed by atoms with Crippen molar-refractivity contribution >= 4 is 44.3 Å². The molecule has 0 spiro atoms. The number of benzene rings is 1. The van der Waals surface area contributed by atoms with Crippen LogP contribution in [-0.4, -0.2) is 12.0 Å². The normalized spacial score (nSPS) is 11.7. The van der Waals surface area contributed by atoms with Gasteiger partial charge in [0.05, 0.1) is 5.56 Å². The molecule has 0 aromatic heterocycles. The second kappa shape index (κ2) is 4.59. The van der Waals surface area contributed by atoms with Crippen LogP contribution in [0, 0.1) is 16.3 Å². The lowest BCUT2D eigenvalue weighted by Crippen LogP contribution is -2.25. The summed E-state index contributed by atoms with van der Waals surface area (Å²) >= 11 is 4.33. The van der Waals surface area contributed by atoms with E-state index in [2.05, 4.69) is 15.9 Å². The lowest BCUT2D eigenvalue weighted by molar-refractivity contribution is -0.0888. The largest absolute Gasteiger partial charge is 0.455 e. The Bertz CT molecular complexity index is 430. The molecule has 0 unspecified atom stereocenters. The lowest BCUT2D eigenvalue weighted by atomic mass is 10.1. The molecule has 0 saturated carbocycles. The van der Waals surface area contributed by atoms with E-state index in [-0.39, 0.29) is 8.04 Å². The van der Waals surface area contributed by atoms with Crippen LogP contribution in [-0.2, 0) is 0 Å². The van der Waals surface area contributed by atoms with Gasteiger partial charge in [-0.1, -0.05) is 0 Å². The zero-order valence-electron chi connectivity index (χ0n) is 7.75. The van der Waals surface area contributed by atoms with Gasteiger partial charge >= 0.3 is 6.18 Å². The Hall–Kier alpha value is -0.180. The first-order valence-electron chi connectivity index (χ1n) is 3.92. The van der Waals surface area contributed by atoms with Crippen LogP contribution in [0.2, 0.25) is 0 Å². The number of Topliss-reactive ketones (excluding diaryl/α,β-unsaturated/α-hetero) is 1. The molecule has 7 heteroatoms. The minimum absolute atomic E-state index is 0.0223. The summed E-state index contributed by atoms with van der Waals surface area (Å²) < 4.78 is 49.9. The fourth-order valence-electron chi connectivity index (χ4n) is 1.07. The number of rotatable bonds is 1. The van der Waals surface area contributed by atoms with Crippen molar-refractivity contribution in [1.82, 2.24) is 0 Å². The van der Waals surface area contributed by atoms with Gasteiger partial charge in [-0.05, 0) is 57.1 Å². The number of carbonyl (C=O) groups is 1. The first kappa shape index (κ1) is 13.9. The summed E-state index contributed by atoms with van der Waals surface area (Å²) in [6.45, 7) is 1.48. The summed E-state index contributed by atoms with van der Waals surface area (Å²) in [6, 6.07) is 1.35.